The average molecular weight is 383 g/mol. The quantitative estimate of drug-likeness (QED) is 0.564. The lowest BCUT2D eigenvalue weighted by Gasteiger charge is -2.32. The van der Waals surface area contributed by atoms with E-state index >= 15 is 0 Å². The minimum absolute atomic E-state index is 0.318. The van der Waals surface area contributed by atoms with Gasteiger partial charge in [0.05, 0.1) is 11.2 Å². The minimum atomic E-state index is -0.337. The van der Waals surface area contributed by atoms with Gasteiger partial charge in [0.1, 0.15) is 0 Å². The molecule has 1 aliphatic heterocycles. The van der Waals surface area contributed by atoms with Crippen molar-refractivity contribution in [3.63, 3.8) is 0 Å². The molecule has 142 valence electrons. The first-order valence-corrected chi connectivity index (χ1v) is 9.97. The van der Waals surface area contributed by atoms with Crippen LogP contribution in [-0.4, -0.2) is 18.3 Å². The third-order valence-corrected chi connectivity index (χ3v) is 5.81. The monoisotopic (exact) mass is 382 g/mol. The van der Waals surface area contributed by atoms with Crippen LogP contribution in [0.1, 0.15) is 45.2 Å². The lowest BCUT2D eigenvalue weighted by Crippen LogP contribution is -2.41. The topological polar surface area (TPSA) is 18.5 Å². The molecule has 0 aromatic heterocycles. The van der Waals surface area contributed by atoms with E-state index < -0.39 is 0 Å². The van der Waals surface area contributed by atoms with Gasteiger partial charge in [-0.1, -0.05) is 60.1 Å². The molecule has 3 rings (SSSR count). The van der Waals surface area contributed by atoms with Gasteiger partial charge in [0, 0.05) is 5.02 Å². The molecule has 0 spiro atoms. The molecule has 4 heteroatoms. The molecule has 0 atom stereocenters. The molecule has 27 heavy (non-hydrogen) atoms. The van der Waals surface area contributed by atoms with Gasteiger partial charge in [-0.25, -0.2) is 0 Å². The summed E-state index contributed by atoms with van der Waals surface area (Å²) in [4.78, 5) is 0. The van der Waals surface area contributed by atoms with E-state index in [9.17, 15) is 0 Å². The maximum Gasteiger partial charge on any atom is 0.490 e. The molecule has 0 unspecified atom stereocenters. The lowest BCUT2D eigenvalue weighted by atomic mass is 9.74. The zero-order chi connectivity index (χ0) is 19.5. The van der Waals surface area contributed by atoms with Gasteiger partial charge in [0.2, 0.25) is 0 Å². The van der Waals surface area contributed by atoms with Crippen LogP contribution in [0.25, 0.3) is 0 Å². The first-order chi connectivity index (χ1) is 12.8. The highest BCUT2D eigenvalue weighted by atomic mass is 35.5. The SMILES string of the molecule is CC1(C)OB(/C(=C\CCc2ccccc2)Cc2ccc(Cl)cc2)OC1(C)C. The fraction of sp³-hybridized carbons (Fsp3) is 0.391. The van der Waals surface area contributed by atoms with Gasteiger partial charge < -0.3 is 9.31 Å². The van der Waals surface area contributed by atoms with Gasteiger partial charge >= 0.3 is 7.12 Å². The van der Waals surface area contributed by atoms with Crippen LogP contribution in [0, 0.1) is 0 Å². The summed E-state index contributed by atoms with van der Waals surface area (Å²) in [6, 6.07) is 18.6. The van der Waals surface area contributed by atoms with E-state index in [1.165, 1.54) is 16.6 Å². The average Bonchev–Trinajstić information content (AvgIpc) is 2.84. The third kappa shape index (κ3) is 5.04. The number of hydrogen-bond donors (Lipinski definition) is 0. The Kier molecular flexibility index (Phi) is 6.15. The molecule has 0 N–H and O–H groups in total. The first kappa shape index (κ1) is 20.2. The van der Waals surface area contributed by atoms with Crippen LogP contribution in [0.5, 0.6) is 0 Å². The van der Waals surface area contributed by atoms with Crippen molar-refractivity contribution >= 4 is 18.7 Å². The molecule has 1 fully saturated rings. The van der Waals surface area contributed by atoms with Crippen LogP contribution >= 0.6 is 11.6 Å². The van der Waals surface area contributed by atoms with Gasteiger partial charge in [-0.2, -0.15) is 0 Å². The summed E-state index contributed by atoms with van der Waals surface area (Å²) in [5, 5.41) is 0.754. The van der Waals surface area contributed by atoms with Crippen molar-refractivity contribution in [2.24, 2.45) is 0 Å². The third-order valence-electron chi connectivity index (χ3n) is 5.56. The van der Waals surface area contributed by atoms with E-state index in [4.69, 9.17) is 20.9 Å². The van der Waals surface area contributed by atoms with E-state index in [2.05, 4.69) is 76.2 Å². The zero-order valence-electron chi connectivity index (χ0n) is 16.7. The summed E-state index contributed by atoms with van der Waals surface area (Å²) in [6.07, 6.45) is 5.04. The molecule has 2 aromatic carbocycles. The van der Waals surface area contributed by atoms with Crippen LogP contribution < -0.4 is 0 Å². The second-order valence-electron chi connectivity index (χ2n) is 8.19. The van der Waals surface area contributed by atoms with E-state index in [0.29, 0.717) is 0 Å². The molecule has 1 aliphatic rings. The molecule has 1 saturated heterocycles. The molecule has 2 nitrogen and oxygen atoms in total. The van der Waals surface area contributed by atoms with Crippen molar-refractivity contribution in [1.82, 2.24) is 0 Å². The molecule has 0 aliphatic carbocycles. The van der Waals surface area contributed by atoms with Crippen molar-refractivity contribution in [3.8, 4) is 0 Å². The highest BCUT2D eigenvalue weighted by molar-refractivity contribution is 6.54. The normalized spacial score (nSPS) is 18.7. The van der Waals surface area contributed by atoms with Gasteiger partial charge in [0.15, 0.2) is 0 Å². The largest absolute Gasteiger partial charge is 0.490 e. The van der Waals surface area contributed by atoms with E-state index in [1.807, 2.05) is 12.1 Å². The minimum Gasteiger partial charge on any atom is -0.400 e. The summed E-state index contributed by atoms with van der Waals surface area (Å²) >= 11 is 6.04. The van der Waals surface area contributed by atoms with Crippen LogP contribution in [0.3, 0.4) is 0 Å². The maximum absolute atomic E-state index is 6.31. The predicted octanol–water partition coefficient (Wildman–Crippen LogP) is 6.07. The number of rotatable bonds is 6. The summed E-state index contributed by atoms with van der Waals surface area (Å²) in [7, 11) is -0.318. The fourth-order valence-corrected chi connectivity index (χ4v) is 3.28. The molecule has 0 amide bonds. The molecule has 0 bridgehead atoms. The smallest absolute Gasteiger partial charge is 0.400 e. The van der Waals surface area contributed by atoms with Gasteiger partial charge in [-0.15, -0.1) is 0 Å². The lowest BCUT2D eigenvalue weighted by molar-refractivity contribution is 0.00578. The van der Waals surface area contributed by atoms with Crippen LogP contribution in [-0.2, 0) is 22.2 Å². The van der Waals surface area contributed by atoms with Crippen LogP contribution in [0.15, 0.2) is 66.1 Å². The number of halogens is 1. The van der Waals surface area contributed by atoms with Gasteiger partial charge in [0.25, 0.3) is 0 Å². The van der Waals surface area contributed by atoms with Crippen molar-refractivity contribution in [2.45, 2.75) is 58.2 Å². The molecule has 1 heterocycles. The van der Waals surface area contributed by atoms with E-state index in [-0.39, 0.29) is 18.3 Å². The summed E-state index contributed by atoms with van der Waals surface area (Å²) < 4.78 is 12.6. The second kappa shape index (κ2) is 8.22. The Hall–Kier alpha value is -1.55. The van der Waals surface area contributed by atoms with Crippen molar-refractivity contribution < 1.29 is 9.31 Å². The fourth-order valence-electron chi connectivity index (χ4n) is 3.15. The van der Waals surface area contributed by atoms with Crippen molar-refractivity contribution in [2.75, 3.05) is 0 Å². The van der Waals surface area contributed by atoms with E-state index in [1.54, 1.807) is 0 Å². The van der Waals surface area contributed by atoms with Crippen molar-refractivity contribution in [3.05, 3.63) is 82.3 Å². The second-order valence-corrected chi connectivity index (χ2v) is 8.63. The Morgan fingerprint density at radius 1 is 0.889 bits per heavy atom. The Balaban J connectivity index is 1.78. The Labute approximate surface area is 168 Å². The first-order valence-electron chi connectivity index (χ1n) is 9.60. The molecule has 0 saturated carbocycles. The van der Waals surface area contributed by atoms with Crippen molar-refractivity contribution in [1.29, 1.82) is 0 Å². The molecular weight excluding hydrogens is 355 g/mol. The molecule has 2 aromatic rings. The highest BCUT2D eigenvalue weighted by Crippen LogP contribution is 2.39. The maximum atomic E-state index is 6.31. The predicted molar refractivity (Wildman–Crippen MR) is 114 cm³/mol. The zero-order valence-corrected chi connectivity index (χ0v) is 17.4. The van der Waals surface area contributed by atoms with Crippen LogP contribution in [0.4, 0.5) is 0 Å². The standard InChI is InChI=1S/C23H28BClO2/c1-22(2)23(3,4)27-24(26-22)20(17-19-13-15-21(25)16-14-19)12-8-11-18-9-6-5-7-10-18/h5-7,9-10,12-16H,8,11,17H2,1-4H3/b20-12-. The van der Waals surface area contributed by atoms with Crippen LogP contribution in [0.2, 0.25) is 5.02 Å². The Morgan fingerprint density at radius 2 is 1.48 bits per heavy atom. The molecular formula is C23H28BClO2. The van der Waals surface area contributed by atoms with Gasteiger partial charge in [-0.05, 0) is 75.7 Å². The van der Waals surface area contributed by atoms with E-state index in [0.717, 1.165) is 24.3 Å². The number of allylic oxidation sites excluding steroid dienone is 2. The Morgan fingerprint density at radius 3 is 2.07 bits per heavy atom. The molecule has 0 radical (unpaired) electrons. The summed E-state index contributed by atoms with van der Waals surface area (Å²) in [5.41, 5.74) is 3.05. The summed E-state index contributed by atoms with van der Waals surface area (Å²) in [5.74, 6) is 0. The highest BCUT2D eigenvalue weighted by Gasteiger charge is 2.52. The Bertz CT molecular complexity index is 766. The number of benzene rings is 2. The number of hydrogen-bond acceptors (Lipinski definition) is 2. The number of aryl methyl sites for hydroxylation is 1. The van der Waals surface area contributed by atoms with Gasteiger partial charge in [-0.3, -0.25) is 0 Å². The summed E-state index contributed by atoms with van der Waals surface area (Å²) in [6.45, 7) is 8.38.